The first-order valence-corrected chi connectivity index (χ1v) is 5.99. The van der Waals surface area contributed by atoms with Crippen molar-refractivity contribution in [2.75, 3.05) is 26.3 Å². The van der Waals surface area contributed by atoms with Crippen LogP contribution in [0.4, 0.5) is 13.2 Å². The minimum atomic E-state index is -4.30. The van der Waals surface area contributed by atoms with Crippen LogP contribution < -0.4 is 0 Å². The molecule has 0 bridgehead atoms. The van der Waals surface area contributed by atoms with E-state index in [1.807, 2.05) is 4.90 Å². The summed E-state index contributed by atoms with van der Waals surface area (Å²) in [4.78, 5) is 12.6. The molecule has 0 aromatic rings. The van der Waals surface area contributed by atoms with Gasteiger partial charge in [-0.1, -0.05) is 6.42 Å². The van der Waals surface area contributed by atoms with Crippen molar-refractivity contribution in [2.45, 2.75) is 37.9 Å². The number of ether oxygens (including phenoxy) is 1. The minimum Gasteiger partial charge on any atom is -0.481 e. The average Bonchev–Trinajstić information content (AvgIpc) is 2.24. The molecule has 1 rings (SSSR count). The predicted molar refractivity (Wildman–Crippen MR) is 58.3 cm³/mol. The molecule has 1 N–H and O–H groups in total. The SMILES string of the molecule is O=C(O)CC1CCCCN1CCOCC(F)(F)F. The van der Waals surface area contributed by atoms with E-state index in [4.69, 9.17) is 5.11 Å². The first-order valence-electron chi connectivity index (χ1n) is 5.99. The Morgan fingerprint density at radius 2 is 2.11 bits per heavy atom. The molecule has 1 saturated heterocycles. The van der Waals surface area contributed by atoms with Gasteiger partial charge in [0.15, 0.2) is 0 Å². The van der Waals surface area contributed by atoms with Crippen LogP contribution >= 0.6 is 0 Å². The molecule has 1 heterocycles. The topological polar surface area (TPSA) is 49.8 Å². The molecule has 0 spiro atoms. The highest BCUT2D eigenvalue weighted by molar-refractivity contribution is 5.67. The lowest BCUT2D eigenvalue weighted by atomic mass is 9.99. The summed E-state index contributed by atoms with van der Waals surface area (Å²) < 4.78 is 40.1. The lowest BCUT2D eigenvalue weighted by Crippen LogP contribution is -2.42. The zero-order valence-electron chi connectivity index (χ0n) is 10.1. The number of piperidine rings is 1. The Bertz CT molecular complexity index is 271. The molecule has 0 aromatic carbocycles. The summed E-state index contributed by atoms with van der Waals surface area (Å²) in [7, 11) is 0. The molecule has 1 unspecified atom stereocenters. The molecule has 0 amide bonds. The number of hydrogen-bond acceptors (Lipinski definition) is 3. The Labute approximate surface area is 104 Å². The predicted octanol–water partition coefficient (Wildman–Crippen LogP) is 1.89. The van der Waals surface area contributed by atoms with Crippen molar-refractivity contribution in [1.82, 2.24) is 4.90 Å². The van der Waals surface area contributed by atoms with E-state index in [0.29, 0.717) is 6.54 Å². The van der Waals surface area contributed by atoms with E-state index in [1.165, 1.54) is 0 Å². The molecule has 1 atom stereocenters. The van der Waals surface area contributed by atoms with E-state index in [0.717, 1.165) is 25.8 Å². The van der Waals surface area contributed by atoms with E-state index >= 15 is 0 Å². The van der Waals surface area contributed by atoms with Gasteiger partial charge in [0.05, 0.1) is 13.0 Å². The second-order valence-corrected chi connectivity index (χ2v) is 4.45. The Morgan fingerprint density at radius 1 is 1.39 bits per heavy atom. The van der Waals surface area contributed by atoms with Gasteiger partial charge < -0.3 is 9.84 Å². The summed E-state index contributed by atoms with van der Waals surface area (Å²) in [5, 5.41) is 8.76. The van der Waals surface area contributed by atoms with Gasteiger partial charge in [-0.05, 0) is 19.4 Å². The largest absolute Gasteiger partial charge is 0.481 e. The summed E-state index contributed by atoms with van der Waals surface area (Å²) in [6, 6.07) is -0.0780. The molecular formula is C11H18F3NO3. The van der Waals surface area contributed by atoms with E-state index in [2.05, 4.69) is 4.74 Å². The zero-order valence-corrected chi connectivity index (χ0v) is 10.1. The van der Waals surface area contributed by atoms with Crippen LogP contribution in [0.2, 0.25) is 0 Å². The van der Waals surface area contributed by atoms with Crippen molar-refractivity contribution in [3.63, 3.8) is 0 Å². The quantitative estimate of drug-likeness (QED) is 0.748. The fourth-order valence-electron chi connectivity index (χ4n) is 2.16. The Kier molecular flexibility index (Phi) is 5.87. The maximum absolute atomic E-state index is 11.9. The van der Waals surface area contributed by atoms with Gasteiger partial charge in [0.2, 0.25) is 0 Å². The Hall–Kier alpha value is -0.820. The smallest absolute Gasteiger partial charge is 0.411 e. The van der Waals surface area contributed by atoms with Gasteiger partial charge in [-0.15, -0.1) is 0 Å². The highest BCUT2D eigenvalue weighted by Crippen LogP contribution is 2.19. The number of aliphatic carboxylic acids is 1. The van der Waals surface area contributed by atoms with E-state index in [1.54, 1.807) is 0 Å². The van der Waals surface area contributed by atoms with Crippen molar-refractivity contribution < 1.29 is 27.8 Å². The molecule has 4 nitrogen and oxygen atoms in total. The number of likely N-dealkylation sites (tertiary alicyclic amines) is 1. The summed E-state index contributed by atoms with van der Waals surface area (Å²) in [5.74, 6) is -0.872. The van der Waals surface area contributed by atoms with Gasteiger partial charge in [-0.25, -0.2) is 0 Å². The summed E-state index contributed by atoms with van der Waals surface area (Å²) in [6.45, 7) is -0.179. The van der Waals surface area contributed by atoms with E-state index in [-0.39, 0.29) is 19.1 Å². The van der Waals surface area contributed by atoms with Gasteiger partial charge in [-0.2, -0.15) is 13.2 Å². The van der Waals surface area contributed by atoms with Gasteiger partial charge in [-0.3, -0.25) is 9.69 Å². The number of carbonyl (C=O) groups is 1. The first kappa shape index (κ1) is 15.2. The molecule has 0 aliphatic carbocycles. The van der Waals surface area contributed by atoms with Gasteiger partial charge in [0.25, 0.3) is 0 Å². The lowest BCUT2D eigenvalue weighted by Gasteiger charge is -2.34. The number of carboxylic acids is 1. The maximum atomic E-state index is 11.9. The molecule has 0 saturated carbocycles. The third kappa shape index (κ3) is 6.20. The molecule has 1 aliphatic heterocycles. The molecule has 0 radical (unpaired) electrons. The zero-order chi connectivity index (χ0) is 13.6. The van der Waals surface area contributed by atoms with E-state index < -0.39 is 18.8 Å². The number of nitrogens with zero attached hydrogens (tertiary/aromatic N) is 1. The minimum absolute atomic E-state index is 0.0182. The molecule has 0 aromatic heterocycles. The fourth-order valence-corrected chi connectivity index (χ4v) is 2.16. The van der Waals surface area contributed by atoms with Crippen molar-refractivity contribution in [1.29, 1.82) is 0 Å². The van der Waals surface area contributed by atoms with Crippen LogP contribution in [0.25, 0.3) is 0 Å². The van der Waals surface area contributed by atoms with Crippen molar-refractivity contribution in [2.24, 2.45) is 0 Å². The normalized spacial score (nSPS) is 22.1. The molecule has 7 heteroatoms. The van der Waals surface area contributed by atoms with Crippen LogP contribution in [0.1, 0.15) is 25.7 Å². The van der Waals surface area contributed by atoms with Gasteiger partial charge in [0, 0.05) is 12.6 Å². The molecular weight excluding hydrogens is 251 g/mol. The molecule has 106 valence electrons. The Balaban J connectivity index is 2.27. The number of rotatable bonds is 6. The highest BCUT2D eigenvalue weighted by atomic mass is 19.4. The standard InChI is InChI=1S/C11H18F3NO3/c12-11(13,14)8-18-6-5-15-4-2-1-3-9(15)7-10(16)17/h9H,1-8H2,(H,16,17). The summed E-state index contributed by atoms with van der Waals surface area (Å²) in [6.07, 6.45) is -1.56. The first-order chi connectivity index (χ1) is 8.38. The maximum Gasteiger partial charge on any atom is 0.411 e. The number of alkyl halides is 3. The van der Waals surface area contributed by atoms with Crippen molar-refractivity contribution >= 4 is 5.97 Å². The third-order valence-corrected chi connectivity index (χ3v) is 2.95. The van der Waals surface area contributed by atoms with Crippen LogP contribution in [0.3, 0.4) is 0 Å². The van der Waals surface area contributed by atoms with E-state index in [9.17, 15) is 18.0 Å². The summed E-state index contributed by atoms with van der Waals surface area (Å²) in [5.41, 5.74) is 0. The van der Waals surface area contributed by atoms with Crippen LogP contribution in [0.15, 0.2) is 0 Å². The molecule has 1 fully saturated rings. The van der Waals surface area contributed by atoms with Crippen molar-refractivity contribution in [3.05, 3.63) is 0 Å². The number of carboxylic acid groups (broad SMARTS) is 1. The van der Waals surface area contributed by atoms with Gasteiger partial charge >= 0.3 is 12.1 Å². The fraction of sp³-hybridized carbons (Fsp3) is 0.909. The third-order valence-electron chi connectivity index (χ3n) is 2.95. The summed E-state index contributed by atoms with van der Waals surface area (Å²) >= 11 is 0. The second kappa shape index (κ2) is 6.94. The number of hydrogen-bond donors (Lipinski definition) is 1. The number of halogens is 3. The van der Waals surface area contributed by atoms with Crippen LogP contribution in [0, 0.1) is 0 Å². The highest BCUT2D eigenvalue weighted by Gasteiger charge is 2.28. The van der Waals surface area contributed by atoms with Crippen LogP contribution in [0.5, 0.6) is 0 Å². The van der Waals surface area contributed by atoms with Crippen molar-refractivity contribution in [3.8, 4) is 0 Å². The average molecular weight is 269 g/mol. The van der Waals surface area contributed by atoms with Crippen LogP contribution in [-0.4, -0.2) is 54.5 Å². The van der Waals surface area contributed by atoms with Gasteiger partial charge in [0.1, 0.15) is 6.61 Å². The Morgan fingerprint density at radius 3 is 2.72 bits per heavy atom. The molecule has 1 aliphatic rings. The monoisotopic (exact) mass is 269 g/mol. The second-order valence-electron chi connectivity index (χ2n) is 4.45. The van der Waals surface area contributed by atoms with Crippen LogP contribution in [-0.2, 0) is 9.53 Å². The molecule has 18 heavy (non-hydrogen) atoms. The lowest BCUT2D eigenvalue weighted by molar-refractivity contribution is -0.175.